The number of likely N-dealkylation sites (tertiary alicyclic amines) is 2. The molecule has 4 aliphatic heterocycles. The normalized spacial score (nSPS) is 19.7. The predicted octanol–water partition coefficient (Wildman–Crippen LogP) is 22.1. The first kappa shape index (κ1) is 85.5. The predicted molar refractivity (Wildman–Crippen MR) is 419 cm³/mol. The van der Waals surface area contributed by atoms with Crippen LogP contribution in [-0.4, -0.2) is 109 Å². The molecule has 2 fully saturated rings. The Bertz CT molecular complexity index is 2600. The van der Waals surface area contributed by atoms with Crippen molar-refractivity contribution in [3.05, 3.63) is 44.5 Å². The highest BCUT2D eigenvalue weighted by molar-refractivity contribution is 8.76. The van der Waals surface area contributed by atoms with E-state index in [4.69, 9.17) is 28.4 Å². The molecule has 0 bridgehead atoms. The van der Waals surface area contributed by atoms with E-state index >= 15 is 0 Å². The summed E-state index contributed by atoms with van der Waals surface area (Å²) in [5.74, 6) is 9.88. The van der Waals surface area contributed by atoms with Gasteiger partial charge >= 0.3 is 23.9 Å². The minimum atomic E-state index is -0.400. The van der Waals surface area contributed by atoms with Crippen LogP contribution in [0.15, 0.2) is 0 Å². The van der Waals surface area contributed by atoms with Crippen LogP contribution in [0.25, 0.3) is 0 Å². The van der Waals surface area contributed by atoms with Crippen LogP contribution in [0, 0.1) is 88.9 Å². The van der Waals surface area contributed by atoms with Crippen molar-refractivity contribution in [3.63, 3.8) is 0 Å². The summed E-state index contributed by atoms with van der Waals surface area (Å²) < 4.78 is 37.0. The van der Waals surface area contributed by atoms with E-state index in [0.717, 1.165) is 219 Å². The molecule has 4 heterocycles. The Balaban J connectivity index is 0.727. The Morgan fingerprint density at radius 1 is 0.430 bits per heavy atom. The third-order valence-corrected chi connectivity index (χ3v) is 26.2. The molecule has 2 aromatic carbocycles. The number of fused-ring (bicyclic) bond motifs is 2. The Morgan fingerprint density at radius 3 is 1.09 bits per heavy atom. The van der Waals surface area contributed by atoms with Crippen molar-refractivity contribution in [2.45, 2.75) is 340 Å². The molecule has 6 rings (SSSR count). The topological polar surface area (TPSA) is 130 Å². The van der Waals surface area contributed by atoms with Crippen LogP contribution in [0.1, 0.15) is 319 Å². The zero-order valence-corrected chi connectivity index (χ0v) is 68.2. The monoisotopic (exact) mass is 1430 g/mol. The average Bonchev–Trinajstić information content (AvgIpc) is 0.767. The smallest absolute Gasteiger partial charge is 0.311 e. The van der Waals surface area contributed by atoms with Crippen molar-refractivity contribution in [2.24, 2.45) is 47.3 Å². The highest BCUT2D eigenvalue weighted by atomic mass is 33.1. The lowest BCUT2D eigenvalue weighted by atomic mass is 9.83. The van der Waals surface area contributed by atoms with E-state index in [1.807, 2.05) is 49.3 Å². The minimum Gasteiger partial charge on any atom is -0.487 e. The molecule has 0 aromatic heterocycles. The van der Waals surface area contributed by atoms with Gasteiger partial charge in [-0.2, -0.15) is 0 Å². The van der Waals surface area contributed by atoms with Gasteiger partial charge in [0.15, 0.2) is 0 Å². The molecular formula is C86H144N2O10S2. The molecule has 2 saturated heterocycles. The SMILES string of the molecule is Cc1c(C)c2c(c(C)c1OC(=O)CCC(=O)OCCC1CCN(CCCSSCCCN3CCC(CCOC(=O)CCC(=O)Oc4c(C)c(C)c5c(c4C)CC[C@@](C)(CCC[C@H](C)CCC[C@H](C)CCCC(C)C)O5)CC3)CC1)CC[C@@](C)(CCC[C@H](C)CCC[C@H](C)CCCC(C)C)O2. The number of ether oxygens (including phenoxy) is 6. The second-order valence-electron chi connectivity index (χ2n) is 33.7. The van der Waals surface area contributed by atoms with Crippen LogP contribution < -0.4 is 18.9 Å². The summed E-state index contributed by atoms with van der Waals surface area (Å²) in [4.78, 5) is 57.1. The number of carbonyl (C=O) groups excluding carboxylic acids is 4. The Hall–Kier alpha value is -3.46. The first-order chi connectivity index (χ1) is 47.7. The fraction of sp³-hybridized carbons (Fsp3) is 0.814. The molecule has 2 aromatic rings. The summed E-state index contributed by atoms with van der Waals surface area (Å²) in [5, 5.41) is 0. The largest absolute Gasteiger partial charge is 0.487 e. The summed E-state index contributed by atoms with van der Waals surface area (Å²) in [7, 11) is 4.01. The maximum atomic E-state index is 13.2. The molecule has 0 N–H and O–H groups in total. The molecule has 0 saturated carbocycles. The van der Waals surface area contributed by atoms with E-state index in [-0.39, 0.29) is 48.8 Å². The Kier molecular flexibility index (Phi) is 38.0. The maximum absolute atomic E-state index is 13.2. The van der Waals surface area contributed by atoms with E-state index < -0.39 is 11.9 Å². The molecule has 0 radical (unpaired) electrons. The number of hydrogen-bond acceptors (Lipinski definition) is 14. The molecule has 0 spiro atoms. The second-order valence-corrected chi connectivity index (χ2v) is 36.4. The lowest BCUT2D eigenvalue weighted by Crippen LogP contribution is -2.37. The summed E-state index contributed by atoms with van der Waals surface area (Å²) in [6.07, 6.45) is 35.4. The molecule has 0 amide bonds. The second kappa shape index (κ2) is 44.5. The van der Waals surface area contributed by atoms with Gasteiger partial charge in [0, 0.05) is 22.6 Å². The first-order valence-electron chi connectivity index (χ1n) is 40.8. The van der Waals surface area contributed by atoms with E-state index in [9.17, 15) is 19.2 Å². The van der Waals surface area contributed by atoms with Crippen molar-refractivity contribution in [1.82, 2.24) is 9.80 Å². The average molecular weight is 1430 g/mol. The van der Waals surface area contributed by atoms with Gasteiger partial charge in [-0.1, -0.05) is 167 Å². The number of nitrogens with zero attached hydrogens (tertiary/aromatic N) is 2. The Labute approximate surface area is 618 Å². The quantitative estimate of drug-likeness (QED) is 0.0270. The maximum Gasteiger partial charge on any atom is 0.311 e. The third-order valence-electron chi connectivity index (χ3n) is 23.7. The van der Waals surface area contributed by atoms with Crippen molar-refractivity contribution < 1.29 is 47.6 Å². The van der Waals surface area contributed by atoms with Crippen molar-refractivity contribution in [1.29, 1.82) is 0 Å². The molecule has 100 heavy (non-hydrogen) atoms. The van der Waals surface area contributed by atoms with Crippen LogP contribution in [0.2, 0.25) is 0 Å². The first-order valence-corrected chi connectivity index (χ1v) is 43.3. The molecule has 14 heteroatoms. The number of esters is 4. The summed E-state index contributed by atoms with van der Waals surface area (Å²) in [5.41, 5.74) is 7.75. The fourth-order valence-electron chi connectivity index (χ4n) is 16.2. The lowest BCUT2D eigenvalue weighted by Gasteiger charge is -2.38. The molecule has 570 valence electrons. The van der Waals surface area contributed by atoms with Gasteiger partial charge in [-0.15, -0.1) is 0 Å². The van der Waals surface area contributed by atoms with Crippen molar-refractivity contribution >= 4 is 45.5 Å². The molecule has 4 aliphatic rings. The highest BCUT2D eigenvalue weighted by Gasteiger charge is 2.37. The van der Waals surface area contributed by atoms with Crippen LogP contribution in [-0.2, 0) is 41.5 Å². The van der Waals surface area contributed by atoms with Crippen LogP contribution >= 0.6 is 21.6 Å². The van der Waals surface area contributed by atoms with Gasteiger partial charge in [-0.3, -0.25) is 19.2 Å². The van der Waals surface area contributed by atoms with E-state index in [2.05, 4.69) is 92.9 Å². The molecule has 6 atom stereocenters. The van der Waals surface area contributed by atoms with Crippen LogP contribution in [0.5, 0.6) is 23.0 Å². The van der Waals surface area contributed by atoms with Crippen molar-refractivity contribution in [3.8, 4) is 23.0 Å². The lowest BCUT2D eigenvalue weighted by molar-refractivity contribution is -0.147. The zero-order chi connectivity index (χ0) is 72.8. The van der Waals surface area contributed by atoms with Crippen molar-refractivity contribution in [2.75, 3.05) is 64.0 Å². The summed E-state index contributed by atoms with van der Waals surface area (Å²) in [6, 6.07) is 0. The molecular weight excluding hydrogens is 1290 g/mol. The van der Waals surface area contributed by atoms with Gasteiger partial charge < -0.3 is 38.2 Å². The van der Waals surface area contributed by atoms with Crippen LogP contribution in [0.4, 0.5) is 0 Å². The third kappa shape index (κ3) is 30.2. The number of rotatable bonds is 47. The van der Waals surface area contributed by atoms with E-state index in [1.165, 1.54) is 116 Å². The number of benzene rings is 2. The fourth-order valence-corrected chi connectivity index (χ4v) is 18.3. The molecule has 0 aliphatic carbocycles. The van der Waals surface area contributed by atoms with Gasteiger partial charge in [0.25, 0.3) is 0 Å². The minimum absolute atomic E-state index is 0.00419. The van der Waals surface area contributed by atoms with E-state index in [1.54, 1.807) is 0 Å². The van der Waals surface area contributed by atoms with Gasteiger partial charge in [0.1, 0.15) is 34.2 Å². The van der Waals surface area contributed by atoms with Crippen LogP contribution in [0.3, 0.4) is 0 Å². The number of carbonyl (C=O) groups is 4. The highest BCUT2D eigenvalue weighted by Crippen LogP contribution is 2.47. The van der Waals surface area contributed by atoms with Gasteiger partial charge in [-0.05, 0) is 278 Å². The number of piperidine rings is 2. The molecule has 0 unspecified atom stereocenters. The van der Waals surface area contributed by atoms with Gasteiger partial charge in [0.05, 0.1) is 38.9 Å². The zero-order valence-electron chi connectivity index (χ0n) is 66.5. The van der Waals surface area contributed by atoms with Gasteiger partial charge in [-0.25, -0.2) is 0 Å². The summed E-state index contributed by atoms with van der Waals surface area (Å²) in [6.45, 7) is 43.3. The summed E-state index contributed by atoms with van der Waals surface area (Å²) >= 11 is 0. The Morgan fingerprint density at radius 2 is 0.750 bits per heavy atom. The number of hydrogen-bond donors (Lipinski definition) is 0. The standard InChI is InChI=1S/C86H144N2O10S2/c1-61(2)25-17-27-63(5)29-19-31-65(7)33-21-47-85(15)49-39-75-71(13)81(67(9)69(11)83(75)97-85)95-79(91)37-35-77(89)93-57-45-73-41-53-87(54-42-73)51-23-59-99-100-60-24-52-88-55-43-74(44-56-88)46-58-94-78(90)36-38-80(92)96-82-68(10)70(12)84-76(72(82)14)40-50-86(16,98-84)48-22-34-66(8)32-20-30-64(6)28-18-26-62(3)4/h61-66,73-74H,17-60H2,1-16H3/t63-,64-,65-,66-,85-,86-/m1/s1. The van der Waals surface area contributed by atoms with Gasteiger partial charge in [0.2, 0.25) is 0 Å². The van der Waals surface area contributed by atoms with E-state index in [0.29, 0.717) is 36.5 Å². The molecule has 12 nitrogen and oxygen atoms in total.